The lowest BCUT2D eigenvalue weighted by molar-refractivity contribution is -0.139. The number of nitrogens with one attached hydrogen (secondary N) is 2. The van der Waals surface area contributed by atoms with Crippen LogP contribution in [0.15, 0.2) is 23.3 Å². The van der Waals surface area contributed by atoms with Gasteiger partial charge in [0, 0.05) is 20.3 Å². The lowest BCUT2D eigenvalue weighted by atomic mass is 10.2. The number of carbonyl (C=O) groups is 2. The zero-order chi connectivity index (χ0) is 18.5. The minimum atomic E-state index is -0.829. The molecule has 1 aromatic carbocycles. The summed E-state index contributed by atoms with van der Waals surface area (Å²) < 4.78 is 15.8. The maximum absolute atomic E-state index is 11.6. The highest BCUT2D eigenvalue weighted by Crippen LogP contribution is 2.27. The second-order valence-electron chi connectivity index (χ2n) is 4.87. The van der Waals surface area contributed by atoms with Crippen molar-refractivity contribution in [2.75, 3.05) is 33.5 Å². The molecule has 8 heteroatoms. The van der Waals surface area contributed by atoms with E-state index in [0.29, 0.717) is 49.8 Å². The first kappa shape index (κ1) is 20.4. The van der Waals surface area contributed by atoms with E-state index in [4.69, 9.17) is 14.2 Å². The van der Waals surface area contributed by atoms with Crippen molar-refractivity contribution >= 4 is 18.0 Å². The Morgan fingerprint density at radius 3 is 2.52 bits per heavy atom. The topological polar surface area (TPSA) is 98.2 Å². The molecule has 0 atom stereocenters. The molecule has 0 bridgehead atoms. The van der Waals surface area contributed by atoms with Gasteiger partial charge in [0.1, 0.15) is 0 Å². The van der Waals surface area contributed by atoms with Gasteiger partial charge in [-0.1, -0.05) is 0 Å². The maximum atomic E-state index is 11.6. The molecule has 0 unspecified atom stereocenters. The molecule has 0 heterocycles. The Labute approximate surface area is 147 Å². The van der Waals surface area contributed by atoms with Gasteiger partial charge in [-0.25, -0.2) is 5.43 Å². The average molecular weight is 351 g/mol. The van der Waals surface area contributed by atoms with Crippen molar-refractivity contribution in [2.24, 2.45) is 5.10 Å². The highest BCUT2D eigenvalue weighted by Gasteiger charge is 2.11. The molecule has 0 aliphatic rings. The minimum absolute atomic E-state index is 0.362. The molecule has 0 fully saturated rings. The first-order valence-electron chi connectivity index (χ1n) is 8.12. The number of benzene rings is 1. The molecule has 2 amide bonds. The van der Waals surface area contributed by atoms with Gasteiger partial charge in [-0.3, -0.25) is 9.59 Å². The lowest BCUT2D eigenvalue weighted by Crippen LogP contribution is -2.38. The molecule has 25 heavy (non-hydrogen) atoms. The van der Waals surface area contributed by atoms with Crippen LogP contribution in [-0.4, -0.2) is 51.5 Å². The number of hydrogen-bond acceptors (Lipinski definition) is 6. The molecule has 1 aromatic rings. The van der Waals surface area contributed by atoms with Crippen LogP contribution in [0.3, 0.4) is 0 Å². The van der Waals surface area contributed by atoms with E-state index in [-0.39, 0.29) is 0 Å². The van der Waals surface area contributed by atoms with E-state index in [1.165, 1.54) is 6.21 Å². The van der Waals surface area contributed by atoms with Crippen LogP contribution in [0.25, 0.3) is 0 Å². The summed E-state index contributed by atoms with van der Waals surface area (Å²) in [6, 6.07) is 5.28. The van der Waals surface area contributed by atoms with Gasteiger partial charge in [-0.2, -0.15) is 5.10 Å². The van der Waals surface area contributed by atoms with E-state index >= 15 is 0 Å². The molecular weight excluding hydrogens is 326 g/mol. The Bertz CT molecular complexity index is 590. The third-order valence-corrected chi connectivity index (χ3v) is 2.96. The van der Waals surface area contributed by atoms with Crippen LogP contribution in [-0.2, 0) is 14.3 Å². The average Bonchev–Trinajstić information content (AvgIpc) is 2.61. The quantitative estimate of drug-likeness (QED) is 0.285. The van der Waals surface area contributed by atoms with E-state index in [1.54, 1.807) is 25.3 Å². The summed E-state index contributed by atoms with van der Waals surface area (Å²) >= 11 is 0. The van der Waals surface area contributed by atoms with E-state index < -0.39 is 11.8 Å². The summed E-state index contributed by atoms with van der Waals surface area (Å²) in [5.41, 5.74) is 2.88. The van der Waals surface area contributed by atoms with Crippen molar-refractivity contribution in [1.82, 2.24) is 10.7 Å². The van der Waals surface area contributed by atoms with Crippen LogP contribution in [0.4, 0.5) is 0 Å². The van der Waals surface area contributed by atoms with Gasteiger partial charge in [-0.05, 0) is 44.0 Å². The number of rotatable bonds is 10. The largest absolute Gasteiger partial charge is 0.490 e. The summed E-state index contributed by atoms with van der Waals surface area (Å²) in [5.74, 6) is -0.337. The van der Waals surface area contributed by atoms with Gasteiger partial charge in [0.15, 0.2) is 11.5 Å². The van der Waals surface area contributed by atoms with Crippen molar-refractivity contribution in [1.29, 1.82) is 0 Å². The molecule has 8 nitrogen and oxygen atoms in total. The molecule has 0 saturated carbocycles. The molecule has 0 radical (unpaired) electrons. The van der Waals surface area contributed by atoms with Crippen LogP contribution >= 0.6 is 0 Å². The van der Waals surface area contributed by atoms with Gasteiger partial charge < -0.3 is 19.5 Å². The number of amides is 2. The highest BCUT2D eigenvalue weighted by molar-refractivity contribution is 6.35. The van der Waals surface area contributed by atoms with E-state index in [2.05, 4.69) is 15.8 Å². The van der Waals surface area contributed by atoms with E-state index in [0.717, 1.165) is 0 Å². The third kappa shape index (κ3) is 7.67. The van der Waals surface area contributed by atoms with Gasteiger partial charge >= 0.3 is 11.8 Å². The Morgan fingerprint density at radius 2 is 1.84 bits per heavy atom. The Balaban J connectivity index is 2.55. The zero-order valence-corrected chi connectivity index (χ0v) is 14.8. The Kier molecular flexibility index (Phi) is 9.69. The summed E-state index contributed by atoms with van der Waals surface area (Å²) in [6.07, 6.45) is 2.06. The van der Waals surface area contributed by atoms with Gasteiger partial charge in [0.25, 0.3) is 0 Å². The number of ether oxygens (including phenoxy) is 3. The van der Waals surface area contributed by atoms with Gasteiger partial charge in [-0.15, -0.1) is 0 Å². The molecular formula is C17H25N3O5. The van der Waals surface area contributed by atoms with Crippen molar-refractivity contribution in [3.05, 3.63) is 23.8 Å². The summed E-state index contributed by atoms with van der Waals surface area (Å²) in [7, 11) is 1.57. The molecule has 2 N–H and O–H groups in total. The molecule has 0 spiro atoms. The van der Waals surface area contributed by atoms with Crippen molar-refractivity contribution in [3.63, 3.8) is 0 Å². The minimum Gasteiger partial charge on any atom is -0.490 e. The van der Waals surface area contributed by atoms with Crippen molar-refractivity contribution in [3.8, 4) is 11.5 Å². The standard InChI is InChI=1S/C17H25N3O5/c1-4-24-14-8-7-13(11-15(14)25-5-2)12-19-20-17(22)16(21)18-9-6-10-23-3/h7-8,11-12H,4-6,9-10H2,1-3H3,(H,18,21)(H,20,22)/b19-12-. The molecule has 1 rings (SSSR count). The summed E-state index contributed by atoms with van der Waals surface area (Å²) in [6.45, 7) is 5.67. The summed E-state index contributed by atoms with van der Waals surface area (Å²) in [5, 5.41) is 6.25. The monoisotopic (exact) mass is 351 g/mol. The maximum Gasteiger partial charge on any atom is 0.329 e. The third-order valence-electron chi connectivity index (χ3n) is 2.96. The normalized spacial score (nSPS) is 10.5. The molecule has 0 aliphatic carbocycles. The first-order chi connectivity index (χ1) is 12.1. The zero-order valence-electron chi connectivity index (χ0n) is 14.8. The van der Waals surface area contributed by atoms with Crippen molar-refractivity contribution < 1.29 is 23.8 Å². The highest BCUT2D eigenvalue weighted by atomic mass is 16.5. The van der Waals surface area contributed by atoms with Gasteiger partial charge in [0.2, 0.25) is 0 Å². The van der Waals surface area contributed by atoms with Crippen LogP contribution in [0.5, 0.6) is 11.5 Å². The molecule has 138 valence electrons. The first-order valence-corrected chi connectivity index (χ1v) is 8.12. The van der Waals surface area contributed by atoms with Crippen molar-refractivity contribution in [2.45, 2.75) is 20.3 Å². The summed E-state index contributed by atoms with van der Waals surface area (Å²) in [4.78, 5) is 23.1. The van der Waals surface area contributed by atoms with E-state index in [9.17, 15) is 9.59 Å². The molecule has 0 aromatic heterocycles. The fourth-order valence-corrected chi connectivity index (χ4v) is 1.86. The molecule has 0 saturated heterocycles. The Hall–Kier alpha value is -2.61. The van der Waals surface area contributed by atoms with Crippen LogP contribution < -0.4 is 20.2 Å². The smallest absolute Gasteiger partial charge is 0.329 e. The predicted molar refractivity (Wildman–Crippen MR) is 94.0 cm³/mol. The van der Waals surface area contributed by atoms with Crippen LogP contribution in [0, 0.1) is 0 Å². The van der Waals surface area contributed by atoms with Gasteiger partial charge in [0.05, 0.1) is 19.4 Å². The molecule has 0 aliphatic heterocycles. The number of nitrogens with zero attached hydrogens (tertiary/aromatic N) is 1. The van der Waals surface area contributed by atoms with E-state index in [1.807, 2.05) is 13.8 Å². The SMILES string of the molecule is CCOc1ccc(/C=N\NC(=O)C(=O)NCCCOC)cc1OCC. The second-order valence-corrected chi connectivity index (χ2v) is 4.87. The van der Waals surface area contributed by atoms with Crippen LogP contribution in [0.1, 0.15) is 25.8 Å². The fourth-order valence-electron chi connectivity index (χ4n) is 1.86. The number of carbonyl (C=O) groups excluding carboxylic acids is 2. The predicted octanol–water partition coefficient (Wildman–Crippen LogP) is 1.09. The fraction of sp³-hybridized carbons (Fsp3) is 0.471. The second kappa shape index (κ2) is 11.9. The number of hydrazone groups is 1. The Morgan fingerprint density at radius 1 is 1.12 bits per heavy atom. The number of hydrogen-bond donors (Lipinski definition) is 2. The van der Waals surface area contributed by atoms with Crippen LogP contribution in [0.2, 0.25) is 0 Å². The number of methoxy groups -OCH3 is 1. The lowest BCUT2D eigenvalue weighted by Gasteiger charge is -2.11.